The van der Waals surface area contributed by atoms with Crippen LogP contribution >= 0.6 is 15.9 Å². The van der Waals surface area contributed by atoms with Crippen molar-refractivity contribution in [3.05, 3.63) is 62.5 Å². The first-order valence-corrected chi connectivity index (χ1v) is 6.25. The Balaban J connectivity index is 2.50. The second-order valence-electron chi connectivity index (χ2n) is 4.00. The monoisotopic (exact) mass is 322 g/mol. The van der Waals surface area contributed by atoms with Gasteiger partial charge in [-0.3, -0.25) is 4.79 Å². The van der Waals surface area contributed by atoms with E-state index in [9.17, 15) is 14.7 Å². The predicted molar refractivity (Wildman–Crippen MR) is 75.3 cm³/mol. The standard InChI is InChI=1S/C13H11BrN2O3/c14-9-4-5-11(17)16(7-9)6-8-2-1-3-10(15)12(8)13(18)19/h1-5,7H,6,15H2,(H,18,19). The summed E-state index contributed by atoms with van der Waals surface area (Å²) in [5.41, 5.74) is 6.18. The molecule has 0 bridgehead atoms. The van der Waals surface area contributed by atoms with Gasteiger partial charge in [-0.2, -0.15) is 0 Å². The largest absolute Gasteiger partial charge is 0.478 e. The van der Waals surface area contributed by atoms with Crippen LogP contribution in [0.1, 0.15) is 15.9 Å². The van der Waals surface area contributed by atoms with Gasteiger partial charge >= 0.3 is 5.97 Å². The molecule has 2 aromatic rings. The number of hydrogen-bond acceptors (Lipinski definition) is 3. The molecule has 0 aliphatic carbocycles. The molecule has 2 rings (SSSR count). The number of hydrogen-bond donors (Lipinski definition) is 2. The van der Waals surface area contributed by atoms with Crippen LogP contribution in [0.2, 0.25) is 0 Å². The lowest BCUT2D eigenvalue weighted by molar-refractivity contribution is 0.0696. The van der Waals surface area contributed by atoms with E-state index in [-0.39, 0.29) is 23.4 Å². The number of carboxylic acids is 1. The summed E-state index contributed by atoms with van der Waals surface area (Å²) >= 11 is 3.27. The Morgan fingerprint density at radius 3 is 2.74 bits per heavy atom. The van der Waals surface area contributed by atoms with E-state index in [0.717, 1.165) is 4.47 Å². The Morgan fingerprint density at radius 2 is 2.05 bits per heavy atom. The Bertz CT molecular complexity index is 695. The van der Waals surface area contributed by atoms with Gasteiger partial charge in [-0.1, -0.05) is 12.1 Å². The number of pyridine rings is 1. The third kappa shape index (κ3) is 2.85. The van der Waals surface area contributed by atoms with Gasteiger partial charge in [0.05, 0.1) is 12.1 Å². The van der Waals surface area contributed by atoms with Crippen LogP contribution in [0.3, 0.4) is 0 Å². The van der Waals surface area contributed by atoms with Crippen molar-refractivity contribution in [3.8, 4) is 0 Å². The summed E-state index contributed by atoms with van der Waals surface area (Å²) in [5.74, 6) is -1.10. The zero-order chi connectivity index (χ0) is 14.0. The fourth-order valence-electron chi connectivity index (χ4n) is 1.82. The van der Waals surface area contributed by atoms with E-state index >= 15 is 0 Å². The maximum atomic E-state index is 11.7. The van der Waals surface area contributed by atoms with Crippen LogP contribution in [0, 0.1) is 0 Å². The summed E-state index contributed by atoms with van der Waals surface area (Å²) < 4.78 is 2.17. The van der Waals surface area contributed by atoms with Gasteiger partial charge in [0.2, 0.25) is 0 Å². The molecule has 0 aliphatic heterocycles. The number of halogens is 1. The van der Waals surface area contributed by atoms with Crippen LogP contribution in [-0.4, -0.2) is 15.6 Å². The maximum absolute atomic E-state index is 11.7. The lowest BCUT2D eigenvalue weighted by Gasteiger charge is -2.10. The van der Waals surface area contributed by atoms with E-state index < -0.39 is 5.97 Å². The normalized spacial score (nSPS) is 10.4. The predicted octanol–water partition coefficient (Wildman–Crippen LogP) is 1.94. The number of benzene rings is 1. The van der Waals surface area contributed by atoms with Crippen LogP contribution in [-0.2, 0) is 6.54 Å². The number of nitrogens with two attached hydrogens (primary N) is 1. The molecule has 0 unspecified atom stereocenters. The number of aromatic carboxylic acids is 1. The number of aromatic nitrogens is 1. The number of nitrogens with zero attached hydrogens (tertiary/aromatic N) is 1. The number of carbonyl (C=O) groups is 1. The summed E-state index contributed by atoms with van der Waals surface area (Å²) in [6.07, 6.45) is 1.61. The van der Waals surface area contributed by atoms with Gasteiger partial charge in [0.15, 0.2) is 0 Å². The second-order valence-corrected chi connectivity index (χ2v) is 4.92. The van der Waals surface area contributed by atoms with Gasteiger partial charge in [0.25, 0.3) is 5.56 Å². The van der Waals surface area contributed by atoms with E-state index in [1.165, 1.54) is 16.7 Å². The summed E-state index contributed by atoms with van der Waals surface area (Å²) in [4.78, 5) is 22.9. The second kappa shape index (κ2) is 5.27. The van der Waals surface area contributed by atoms with Crippen LogP contribution in [0.4, 0.5) is 5.69 Å². The average Bonchev–Trinajstić information content (AvgIpc) is 2.33. The Kier molecular flexibility index (Phi) is 3.71. The zero-order valence-corrected chi connectivity index (χ0v) is 11.4. The molecule has 0 saturated heterocycles. The SMILES string of the molecule is Nc1cccc(Cn2cc(Br)ccc2=O)c1C(=O)O. The summed E-state index contributed by atoms with van der Waals surface area (Å²) in [5, 5.41) is 9.17. The molecule has 5 nitrogen and oxygen atoms in total. The maximum Gasteiger partial charge on any atom is 0.338 e. The highest BCUT2D eigenvalue weighted by molar-refractivity contribution is 9.10. The summed E-state index contributed by atoms with van der Waals surface area (Å²) in [6.45, 7) is 0.158. The zero-order valence-electron chi connectivity index (χ0n) is 9.84. The molecule has 0 aliphatic rings. The van der Waals surface area contributed by atoms with Gasteiger partial charge in [-0.05, 0) is 33.6 Å². The van der Waals surface area contributed by atoms with Crippen molar-refractivity contribution < 1.29 is 9.90 Å². The molecular weight excluding hydrogens is 312 g/mol. The molecule has 1 heterocycles. The van der Waals surface area contributed by atoms with Crippen molar-refractivity contribution in [2.24, 2.45) is 0 Å². The van der Waals surface area contributed by atoms with Crippen molar-refractivity contribution in [1.29, 1.82) is 0 Å². The smallest absolute Gasteiger partial charge is 0.338 e. The van der Waals surface area contributed by atoms with Crippen LogP contribution in [0.25, 0.3) is 0 Å². The number of anilines is 1. The number of carboxylic acid groups (broad SMARTS) is 1. The lowest BCUT2D eigenvalue weighted by Crippen LogP contribution is -2.20. The Hall–Kier alpha value is -2.08. The molecule has 0 atom stereocenters. The third-order valence-corrected chi connectivity index (χ3v) is 3.15. The van der Waals surface area contributed by atoms with E-state index in [1.54, 1.807) is 24.4 Å². The van der Waals surface area contributed by atoms with Gasteiger partial charge < -0.3 is 15.4 Å². The molecule has 19 heavy (non-hydrogen) atoms. The highest BCUT2D eigenvalue weighted by Crippen LogP contribution is 2.18. The molecule has 0 fully saturated rings. The topological polar surface area (TPSA) is 85.3 Å². The molecular formula is C13H11BrN2O3. The summed E-state index contributed by atoms with van der Waals surface area (Å²) in [7, 11) is 0. The molecule has 6 heteroatoms. The molecule has 0 spiro atoms. The number of rotatable bonds is 3. The van der Waals surface area contributed by atoms with Crippen molar-refractivity contribution >= 4 is 27.6 Å². The van der Waals surface area contributed by atoms with E-state index in [0.29, 0.717) is 5.56 Å². The minimum Gasteiger partial charge on any atom is -0.478 e. The van der Waals surface area contributed by atoms with Crippen molar-refractivity contribution in [2.75, 3.05) is 5.73 Å². The van der Waals surface area contributed by atoms with Crippen LogP contribution in [0.5, 0.6) is 0 Å². The fraction of sp³-hybridized carbons (Fsp3) is 0.0769. The Labute approximate surface area is 117 Å². The van der Waals surface area contributed by atoms with Gasteiger partial charge in [0.1, 0.15) is 0 Å². The van der Waals surface area contributed by atoms with E-state index in [4.69, 9.17) is 5.73 Å². The highest BCUT2D eigenvalue weighted by Gasteiger charge is 2.14. The van der Waals surface area contributed by atoms with E-state index in [2.05, 4.69) is 15.9 Å². The first kappa shape index (κ1) is 13.4. The van der Waals surface area contributed by atoms with Crippen LogP contribution < -0.4 is 11.3 Å². The quantitative estimate of drug-likeness (QED) is 0.845. The van der Waals surface area contributed by atoms with E-state index in [1.807, 2.05) is 0 Å². The molecule has 98 valence electrons. The molecule has 0 radical (unpaired) electrons. The van der Waals surface area contributed by atoms with Gasteiger partial charge in [-0.15, -0.1) is 0 Å². The van der Waals surface area contributed by atoms with Gasteiger partial charge in [-0.25, -0.2) is 4.79 Å². The molecule has 0 amide bonds. The minimum atomic E-state index is -1.10. The Morgan fingerprint density at radius 1 is 1.32 bits per heavy atom. The molecule has 3 N–H and O–H groups in total. The number of nitrogen functional groups attached to an aromatic ring is 1. The average molecular weight is 323 g/mol. The van der Waals surface area contributed by atoms with Crippen LogP contribution in [0.15, 0.2) is 45.8 Å². The van der Waals surface area contributed by atoms with Crippen molar-refractivity contribution in [3.63, 3.8) is 0 Å². The van der Waals surface area contributed by atoms with Crippen molar-refractivity contribution in [2.45, 2.75) is 6.54 Å². The third-order valence-electron chi connectivity index (χ3n) is 2.68. The molecule has 1 aromatic carbocycles. The highest BCUT2D eigenvalue weighted by atomic mass is 79.9. The summed E-state index contributed by atoms with van der Waals surface area (Å²) in [6, 6.07) is 7.89. The molecule has 0 saturated carbocycles. The first-order valence-electron chi connectivity index (χ1n) is 5.45. The fourth-order valence-corrected chi connectivity index (χ4v) is 2.20. The molecule has 1 aromatic heterocycles. The minimum absolute atomic E-state index is 0.0365. The van der Waals surface area contributed by atoms with Gasteiger partial charge in [0, 0.05) is 22.4 Å². The lowest BCUT2D eigenvalue weighted by atomic mass is 10.1. The first-order chi connectivity index (χ1) is 8.99. The van der Waals surface area contributed by atoms with Crippen molar-refractivity contribution in [1.82, 2.24) is 4.57 Å².